The maximum absolute atomic E-state index is 11.6. The molecule has 0 aromatic heterocycles. The van der Waals surface area contributed by atoms with Crippen LogP contribution < -0.4 is 5.32 Å². The van der Waals surface area contributed by atoms with Gasteiger partial charge in [0.15, 0.2) is 0 Å². The van der Waals surface area contributed by atoms with E-state index in [0.717, 1.165) is 32.4 Å². The highest BCUT2D eigenvalue weighted by molar-refractivity contribution is 5.76. The zero-order chi connectivity index (χ0) is 12.5. The number of rotatable bonds is 1. The van der Waals surface area contributed by atoms with Crippen molar-refractivity contribution in [2.24, 2.45) is 5.41 Å². The van der Waals surface area contributed by atoms with Gasteiger partial charge in [-0.3, -0.25) is 9.69 Å². The molecule has 98 valence electrons. The number of nitrogens with zero attached hydrogens (tertiary/aromatic N) is 1. The van der Waals surface area contributed by atoms with E-state index in [4.69, 9.17) is 0 Å². The lowest BCUT2D eigenvalue weighted by Gasteiger charge is -2.34. The van der Waals surface area contributed by atoms with Gasteiger partial charge in [0.25, 0.3) is 0 Å². The third-order valence-electron chi connectivity index (χ3n) is 3.84. The van der Waals surface area contributed by atoms with E-state index < -0.39 is 0 Å². The summed E-state index contributed by atoms with van der Waals surface area (Å²) in [6, 6.07) is 0.989. The highest BCUT2D eigenvalue weighted by Crippen LogP contribution is 2.28. The molecule has 0 saturated carbocycles. The standard InChI is InChI=1S/C14H26N2O/c1-14(2,3)10-16-9-8-11-12(16)6-4-5-7-13(17)15-11/h11-12H,4-10H2,1-3H3,(H,15,17)/t11-,12+/m0/s1. The van der Waals surface area contributed by atoms with Gasteiger partial charge in [-0.1, -0.05) is 27.2 Å². The van der Waals surface area contributed by atoms with Gasteiger partial charge in [-0.15, -0.1) is 0 Å². The SMILES string of the molecule is CC(C)(C)CN1CC[C@@H]2NC(=O)CCCC[C@H]21. The Kier molecular flexibility index (Phi) is 3.76. The summed E-state index contributed by atoms with van der Waals surface area (Å²) in [5.74, 6) is 0.261. The number of likely N-dealkylation sites (tertiary alicyclic amines) is 1. The van der Waals surface area contributed by atoms with Crippen LogP contribution in [0.4, 0.5) is 0 Å². The van der Waals surface area contributed by atoms with Crippen molar-refractivity contribution in [1.82, 2.24) is 10.2 Å². The maximum Gasteiger partial charge on any atom is 0.220 e. The molecule has 2 heterocycles. The van der Waals surface area contributed by atoms with Crippen LogP contribution >= 0.6 is 0 Å². The Labute approximate surface area is 105 Å². The third-order valence-corrected chi connectivity index (χ3v) is 3.84. The normalized spacial score (nSPS) is 31.6. The molecule has 2 fully saturated rings. The average molecular weight is 238 g/mol. The van der Waals surface area contributed by atoms with E-state index >= 15 is 0 Å². The summed E-state index contributed by atoms with van der Waals surface area (Å²) >= 11 is 0. The van der Waals surface area contributed by atoms with E-state index in [0.29, 0.717) is 17.5 Å². The van der Waals surface area contributed by atoms with E-state index in [1.807, 2.05) is 0 Å². The lowest BCUT2D eigenvalue weighted by Crippen LogP contribution is -2.47. The van der Waals surface area contributed by atoms with Crippen LogP contribution in [0.5, 0.6) is 0 Å². The van der Waals surface area contributed by atoms with Crippen molar-refractivity contribution in [2.45, 2.75) is 65.0 Å². The van der Waals surface area contributed by atoms with Crippen molar-refractivity contribution in [2.75, 3.05) is 13.1 Å². The molecule has 0 aromatic carbocycles. The van der Waals surface area contributed by atoms with Gasteiger partial charge in [0.2, 0.25) is 5.91 Å². The van der Waals surface area contributed by atoms with Crippen molar-refractivity contribution >= 4 is 5.91 Å². The molecule has 1 N–H and O–H groups in total. The molecule has 3 heteroatoms. The first-order valence-corrected chi connectivity index (χ1v) is 6.99. The molecule has 0 spiro atoms. The second-order valence-corrected chi connectivity index (χ2v) is 6.81. The molecule has 0 unspecified atom stereocenters. The Morgan fingerprint density at radius 3 is 2.76 bits per heavy atom. The molecule has 0 aromatic rings. The number of hydrogen-bond donors (Lipinski definition) is 1. The molecular weight excluding hydrogens is 212 g/mol. The number of nitrogens with one attached hydrogen (secondary N) is 1. The van der Waals surface area contributed by atoms with Gasteiger partial charge in [0.1, 0.15) is 0 Å². The molecule has 2 atom stereocenters. The summed E-state index contributed by atoms with van der Waals surface area (Å²) in [4.78, 5) is 14.2. The number of fused-ring (bicyclic) bond motifs is 1. The molecule has 1 amide bonds. The van der Waals surface area contributed by atoms with Crippen LogP contribution in [0.25, 0.3) is 0 Å². The van der Waals surface area contributed by atoms with Crippen molar-refractivity contribution in [3.05, 3.63) is 0 Å². The van der Waals surface area contributed by atoms with E-state index in [9.17, 15) is 4.79 Å². The molecule has 2 rings (SSSR count). The molecule has 3 nitrogen and oxygen atoms in total. The van der Waals surface area contributed by atoms with Crippen LogP contribution in [-0.4, -0.2) is 36.0 Å². The van der Waals surface area contributed by atoms with Crippen LogP contribution in [0.15, 0.2) is 0 Å². The summed E-state index contributed by atoms with van der Waals surface area (Å²) in [5, 5.41) is 3.22. The summed E-state index contributed by atoms with van der Waals surface area (Å²) in [6.07, 6.45) is 5.36. The van der Waals surface area contributed by atoms with Gasteiger partial charge in [0.05, 0.1) is 0 Å². The average Bonchev–Trinajstić information content (AvgIpc) is 2.49. The predicted octanol–water partition coefficient (Wildman–Crippen LogP) is 2.17. The Hall–Kier alpha value is -0.570. The monoisotopic (exact) mass is 238 g/mol. The highest BCUT2D eigenvalue weighted by Gasteiger charge is 2.36. The first kappa shape index (κ1) is 12.9. The second kappa shape index (κ2) is 4.97. The van der Waals surface area contributed by atoms with Gasteiger partial charge in [-0.2, -0.15) is 0 Å². The number of hydrogen-bond acceptors (Lipinski definition) is 2. The van der Waals surface area contributed by atoms with Gasteiger partial charge in [-0.05, 0) is 24.7 Å². The van der Waals surface area contributed by atoms with E-state index in [-0.39, 0.29) is 5.91 Å². The van der Waals surface area contributed by atoms with Crippen molar-refractivity contribution in [3.8, 4) is 0 Å². The zero-order valence-corrected chi connectivity index (χ0v) is 11.5. The summed E-state index contributed by atoms with van der Waals surface area (Å²) in [6.45, 7) is 9.17. The Balaban J connectivity index is 2.00. The van der Waals surface area contributed by atoms with E-state index in [2.05, 4.69) is 31.0 Å². The number of amides is 1. The zero-order valence-electron chi connectivity index (χ0n) is 11.5. The van der Waals surface area contributed by atoms with Gasteiger partial charge in [-0.25, -0.2) is 0 Å². The summed E-state index contributed by atoms with van der Waals surface area (Å²) in [5.41, 5.74) is 0.348. The van der Waals surface area contributed by atoms with Crippen LogP contribution in [0, 0.1) is 5.41 Å². The van der Waals surface area contributed by atoms with Crippen LogP contribution in [-0.2, 0) is 4.79 Å². The fourth-order valence-corrected chi connectivity index (χ4v) is 3.19. The predicted molar refractivity (Wildman–Crippen MR) is 69.8 cm³/mol. The lowest BCUT2D eigenvalue weighted by atomic mass is 9.94. The fourth-order valence-electron chi connectivity index (χ4n) is 3.19. The van der Waals surface area contributed by atoms with Crippen molar-refractivity contribution in [3.63, 3.8) is 0 Å². The molecule has 0 aliphatic carbocycles. The molecule has 17 heavy (non-hydrogen) atoms. The van der Waals surface area contributed by atoms with E-state index in [1.54, 1.807) is 0 Å². The molecule has 2 saturated heterocycles. The first-order chi connectivity index (χ1) is 7.96. The van der Waals surface area contributed by atoms with Crippen molar-refractivity contribution < 1.29 is 4.79 Å². The van der Waals surface area contributed by atoms with Crippen LogP contribution in [0.1, 0.15) is 52.9 Å². The molecule has 2 aliphatic rings. The van der Waals surface area contributed by atoms with E-state index in [1.165, 1.54) is 12.8 Å². The smallest absolute Gasteiger partial charge is 0.220 e. The topological polar surface area (TPSA) is 32.3 Å². The lowest BCUT2D eigenvalue weighted by molar-refractivity contribution is -0.122. The Bertz CT molecular complexity index is 282. The second-order valence-electron chi connectivity index (χ2n) is 6.81. The molecule has 0 radical (unpaired) electrons. The molecule has 2 aliphatic heterocycles. The maximum atomic E-state index is 11.6. The highest BCUT2D eigenvalue weighted by atomic mass is 16.1. The van der Waals surface area contributed by atoms with Crippen LogP contribution in [0.3, 0.4) is 0 Å². The third kappa shape index (κ3) is 3.44. The Morgan fingerprint density at radius 1 is 1.29 bits per heavy atom. The van der Waals surface area contributed by atoms with Gasteiger partial charge >= 0.3 is 0 Å². The summed E-state index contributed by atoms with van der Waals surface area (Å²) < 4.78 is 0. The first-order valence-electron chi connectivity index (χ1n) is 6.99. The minimum absolute atomic E-state index is 0.261. The fraction of sp³-hybridized carbons (Fsp3) is 0.929. The number of carbonyl (C=O) groups is 1. The van der Waals surface area contributed by atoms with Gasteiger partial charge < -0.3 is 5.32 Å². The summed E-state index contributed by atoms with van der Waals surface area (Å²) in [7, 11) is 0. The largest absolute Gasteiger partial charge is 0.352 e. The van der Waals surface area contributed by atoms with Crippen LogP contribution in [0.2, 0.25) is 0 Å². The minimum atomic E-state index is 0.261. The Morgan fingerprint density at radius 2 is 2.06 bits per heavy atom. The quantitative estimate of drug-likeness (QED) is 0.759. The molecule has 0 bridgehead atoms. The van der Waals surface area contributed by atoms with Crippen molar-refractivity contribution in [1.29, 1.82) is 0 Å². The molecular formula is C14H26N2O. The van der Waals surface area contributed by atoms with Gasteiger partial charge in [0, 0.05) is 31.6 Å². The minimum Gasteiger partial charge on any atom is -0.352 e. The number of carbonyl (C=O) groups excluding carboxylic acids is 1.